The first-order valence-corrected chi connectivity index (χ1v) is 12.3. The number of ether oxygens (including phenoxy) is 1. The maximum atomic E-state index is 12.6. The topological polar surface area (TPSA) is 115 Å². The third-order valence-corrected chi connectivity index (χ3v) is 6.57. The van der Waals surface area contributed by atoms with Gasteiger partial charge in [0.15, 0.2) is 11.0 Å². The van der Waals surface area contributed by atoms with Gasteiger partial charge < -0.3 is 19.9 Å². The molecule has 9 nitrogen and oxygen atoms in total. The van der Waals surface area contributed by atoms with Gasteiger partial charge >= 0.3 is 5.97 Å². The van der Waals surface area contributed by atoms with Gasteiger partial charge in [-0.3, -0.25) is 9.59 Å². The zero-order chi connectivity index (χ0) is 26.4. The summed E-state index contributed by atoms with van der Waals surface area (Å²) in [6.45, 7) is 1.90. The standard InChI is InChI=1S/C27H25N5O4S/c1-17-6-4-5-7-22(17)25(34)29-21-12-8-18(9-13-21)24-30-31-27(32(24)2)37-16-23(33)28-20-14-10-19(11-15-20)26(35)36-3/h4-15H,16H2,1-3H3,(H,28,33)(H,29,34). The van der Waals surface area contributed by atoms with Crippen LogP contribution in [0.25, 0.3) is 11.4 Å². The highest BCUT2D eigenvalue weighted by Gasteiger charge is 2.14. The number of anilines is 2. The number of amides is 2. The van der Waals surface area contributed by atoms with Gasteiger partial charge in [-0.05, 0) is 67.1 Å². The number of nitrogens with zero attached hydrogens (tertiary/aromatic N) is 3. The van der Waals surface area contributed by atoms with Crippen molar-refractivity contribution in [3.63, 3.8) is 0 Å². The van der Waals surface area contributed by atoms with Crippen molar-refractivity contribution in [3.8, 4) is 11.4 Å². The first-order valence-electron chi connectivity index (χ1n) is 11.3. The fourth-order valence-corrected chi connectivity index (χ4v) is 4.27. The molecule has 0 aliphatic heterocycles. The molecule has 10 heteroatoms. The van der Waals surface area contributed by atoms with Gasteiger partial charge in [-0.2, -0.15) is 0 Å². The van der Waals surface area contributed by atoms with E-state index < -0.39 is 5.97 Å². The largest absolute Gasteiger partial charge is 0.465 e. The summed E-state index contributed by atoms with van der Waals surface area (Å²) in [5, 5.41) is 14.7. The second kappa shape index (κ2) is 11.5. The van der Waals surface area contributed by atoms with E-state index in [4.69, 9.17) is 0 Å². The van der Waals surface area contributed by atoms with Gasteiger partial charge in [0.05, 0.1) is 18.4 Å². The summed E-state index contributed by atoms with van der Waals surface area (Å²) in [5.74, 6) is -0.0459. The van der Waals surface area contributed by atoms with E-state index in [2.05, 4.69) is 25.6 Å². The van der Waals surface area contributed by atoms with Crippen LogP contribution in [0.4, 0.5) is 11.4 Å². The predicted molar refractivity (Wildman–Crippen MR) is 143 cm³/mol. The highest BCUT2D eigenvalue weighted by molar-refractivity contribution is 7.99. The lowest BCUT2D eigenvalue weighted by atomic mass is 10.1. The molecule has 2 N–H and O–H groups in total. The summed E-state index contributed by atoms with van der Waals surface area (Å²) >= 11 is 1.26. The van der Waals surface area contributed by atoms with Crippen molar-refractivity contribution in [1.29, 1.82) is 0 Å². The summed E-state index contributed by atoms with van der Waals surface area (Å²) in [6, 6.07) is 21.2. The quantitative estimate of drug-likeness (QED) is 0.261. The summed E-state index contributed by atoms with van der Waals surface area (Å²) in [7, 11) is 3.14. The van der Waals surface area contributed by atoms with Gasteiger partial charge in [0, 0.05) is 29.5 Å². The molecule has 0 radical (unpaired) electrons. The number of aromatic nitrogens is 3. The van der Waals surface area contributed by atoms with E-state index in [0.717, 1.165) is 11.1 Å². The number of esters is 1. The van der Waals surface area contributed by atoms with Gasteiger partial charge in [-0.15, -0.1) is 10.2 Å². The van der Waals surface area contributed by atoms with Crippen molar-refractivity contribution in [3.05, 3.63) is 89.5 Å². The minimum Gasteiger partial charge on any atom is -0.465 e. The predicted octanol–water partition coefficient (Wildman–Crippen LogP) is 4.56. The van der Waals surface area contributed by atoms with Crippen molar-refractivity contribution in [2.24, 2.45) is 7.05 Å². The fourth-order valence-electron chi connectivity index (χ4n) is 3.56. The molecule has 1 aromatic heterocycles. The first kappa shape index (κ1) is 25.6. The van der Waals surface area contributed by atoms with Gasteiger partial charge in [0.1, 0.15) is 0 Å². The minimum absolute atomic E-state index is 0.134. The van der Waals surface area contributed by atoms with Crippen LogP contribution in [0, 0.1) is 6.92 Å². The molecule has 0 unspecified atom stereocenters. The van der Waals surface area contributed by atoms with Crippen molar-refractivity contribution in [2.75, 3.05) is 23.5 Å². The highest BCUT2D eigenvalue weighted by Crippen LogP contribution is 2.24. The van der Waals surface area contributed by atoms with Crippen LogP contribution in [-0.2, 0) is 16.6 Å². The number of nitrogens with one attached hydrogen (secondary N) is 2. The fraction of sp³-hybridized carbons (Fsp3) is 0.148. The summed E-state index contributed by atoms with van der Waals surface area (Å²) in [5.41, 5.74) is 4.01. The molecule has 2 amide bonds. The van der Waals surface area contributed by atoms with Gasteiger partial charge in [-0.25, -0.2) is 4.79 Å². The van der Waals surface area contributed by atoms with Crippen LogP contribution in [-0.4, -0.2) is 45.4 Å². The Balaban J connectivity index is 1.34. The average Bonchev–Trinajstić information content (AvgIpc) is 3.28. The Bertz CT molecular complexity index is 1430. The van der Waals surface area contributed by atoms with E-state index in [9.17, 15) is 14.4 Å². The number of thioether (sulfide) groups is 1. The molecule has 3 aromatic carbocycles. The van der Waals surface area contributed by atoms with Gasteiger partial charge in [0.25, 0.3) is 5.91 Å². The zero-order valence-electron chi connectivity index (χ0n) is 20.5. The third kappa shape index (κ3) is 6.22. The molecule has 0 aliphatic carbocycles. The number of benzene rings is 3. The molecule has 0 fully saturated rings. The van der Waals surface area contributed by atoms with E-state index in [0.29, 0.717) is 33.5 Å². The van der Waals surface area contributed by atoms with Crippen molar-refractivity contribution < 1.29 is 19.1 Å². The monoisotopic (exact) mass is 515 g/mol. The van der Waals surface area contributed by atoms with Crippen molar-refractivity contribution in [2.45, 2.75) is 12.1 Å². The Morgan fingerprint density at radius 2 is 1.54 bits per heavy atom. The van der Waals surface area contributed by atoms with Crippen LogP contribution in [0.15, 0.2) is 78.0 Å². The maximum Gasteiger partial charge on any atom is 0.337 e. The Morgan fingerprint density at radius 1 is 0.892 bits per heavy atom. The van der Waals surface area contributed by atoms with Crippen molar-refractivity contribution >= 4 is 40.9 Å². The number of hydrogen-bond donors (Lipinski definition) is 2. The van der Waals surface area contributed by atoms with E-state index in [-0.39, 0.29) is 17.6 Å². The molecule has 0 aliphatic rings. The summed E-state index contributed by atoms with van der Waals surface area (Å²) in [4.78, 5) is 36.5. The van der Waals surface area contributed by atoms with E-state index in [1.54, 1.807) is 30.3 Å². The van der Waals surface area contributed by atoms with Crippen LogP contribution in [0.5, 0.6) is 0 Å². The average molecular weight is 516 g/mol. The molecule has 4 aromatic rings. The molecule has 0 saturated heterocycles. The molecule has 37 heavy (non-hydrogen) atoms. The maximum absolute atomic E-state index is 12.6. The normalized spacial score (nSPS) is 10.6. The van der Waals surface area contributed by atoms with Crippen molar-refractivity contribution in [1.82, 2.24) is 14.8 Å². The van der Waals surface area contributed by atoms with Gasteiger partial charge in [-0.1, -0.05) is 30.0 Å². The molecule has 4 rings (SSSR count). The Kier molecular flexibility index (Phi) is 7.99. The SMILES string of the molecule is COC(=O)c1ccc(NC(=O)CSc2nnc(-c3ccc(NC(=O)c4ccccc4C)cc3)n2C)cc1. The Hall–Kier alpha value is -4.44. The molecule has 0 spiro atoms. The van der Waals surface area contributed by atoms with Crippen LogP contribution in [0.3, 0.4) is 0 Å². The minimum atomic E-state index is -0.437. The molecule has 0 saturated carbocycles. The number of hydrogen-bond acceptors (Lipinski definition) is 7. The number of aryl methyl sites for hydroxylation is 1. The molecule has 188 valence electrons. The number of carbonyl (C=O) groups is 3. The Labute approximate surface area is 218 Å². The van der Waals surface area contributed by atoms with E-state index in [1.807, 2.05) is 61.0 Å². The second-order valence-corrected chi connectivity index (χ2v) is 9.06. The summed E-state index contributed by atoms with van der Waals surface area (Å²) in [6.07, 6.45) is 0. The lowest BCUT2D eigenvalue weighted by Crippen LogP contribution is -2.14. The van der Waals surface area contributed by atoms with E-state index in [1.165, 1.54) is 18.9 Å². The molecular weight excluding hydrogens is 490 g/mol. The first-order chi connectivity index (χ1) is 17.9. The van der Waals surface area contributed by atoms with E-state index >= 15 is 0 Å². The molecule has 0 atom stereocenters. The third-order valence-electron chi connectivity index (χ3n) is 5.55. The second-order valence-electron chi connectivity index (χ2n) is 8.12. The van der Waals surface area contributed by atoms with Crippen LogP contribution >= 0.6 is 11.8 Å². The smallest absolute Gasteiger partial charge is 0.337 e. The molecular formula is C27H25N5O4S. The summed E-state index contributed by atoms with van der Waals surface area (Å²) < 4.78 is 6.48. The van der Waals surface area contributed by atoms with Crippen LogP contribution in [0.2, 0.25) is 0 Å². The highest BCUT2D eigenvalue weighted by atomic mass is 32.2. The van der Waals surface area contributed by atoms with Crippen LogP contribution < -0.4 is 10.6 Å². The lowest BCUT2D eigenvalue weighted by Gasteiger charge is -2.09. The van der Waals surface area contributed by atoms with Gasteiger partial charge in [0.2, 0.25) is 5.91 Å². The number of carbonyl (C=O) groups excluding carboxylic acids is 3. The molecule has 0 bridgehead atoms. The number of rotatable bonds is 8. The zero-order valence-corrected chi connectivity index (χ0v) is 21.3. The lowest BCUT2D eigenvalue weighted by molar-refractivity contribution is -0.113. The van der Waals surface area contributed by atoms with Crippen LogP contribution in [0.1, 0.15) is 26.3 Å². The molecule has 1 heterocycles. The Morgan fingerprint density at radius 3 is 2.22 bits per heavy atom. The number of methoxy groups -OCH3 is 1.